The summed E-state index contributed by atoms with van der Waals surface area (Å²) in [5.74, 6) is 0.697. The number of rotatable bonds is 6. The van der Waals surface area contributed by atoms with E-state index in [-0.39, 0.29) is 23.8 Å². The van der Waals surface area contributed by atoms with Crippen LogP contribution in [0.25, 0.3) is 0 Å². The van der Waals surface area contributed by atoms with Crippen LogP contribution in [0.15, 0.2) is 12.3 Å². The van der Waals surface area contributed by atoms with Gasteiger partial charge in [-0.25, -0.2) is 9.97 Å². The van der Waals surface area contributed by atoms with Gasteiger partial charge in [0.25, 0.3) is 0 Å². The van der Waals surface area contributed by atoms with Crippen molar-refractivity contribution in [2.75, 3.05) is 19.6 Å². The molecule has 3 heterocycles. The molecule has 0 radical (unpaired) electrons. The second kappa shape index (κ2) is 8.25. The summed E-state index contributed by atoms with van der Waals surface area (Å²) in [5.41, 5.74) is 0.729. The van der Waals surface area contributed by atoms with E-state index in [0.717, 1.165) is 31.5 Å². The van der Waals surface area contributed by atoms with E-state index in [1.54, 1.807) is 17.2 Å². The molecule has 0 aromatic carbocycles. The lowest BCUT2D eigenvalue weighted by Gasteiger charge is -2.25. The van der Waals surface area contributed by atoms with Gasteiger partial charge in [0.05, 0.1) is 18.3 Å². The molecule has 26 heavy (non-hydrogen) atoms. The van der Waals surface area contributed by atoms with Gasteiger partial charge in [0.1, 0.15) is 0 Å². The number of hydrogen-bond donors (Lipinski definition) is 1. The first kappa shape index (κ1) is 18.3. The third-order valence-corrected chi connectivity index (χ3v) is 4.89. The Kier molecular flexibility index (Phi) is 5.80. The van der Waals surface area contributed by atoms with E-state index in [1.807, 2.05) is 4.90 Å². The molecule has 0 saturated carbocycles. The lowest BCUT2D eigenvalue weighted by molar-refractivity contribution is -0.133. The topological polar surface area (TPSA) is 95.5 Å². The molecular weight excluding hydrogens is 334 g/mol. The van der Waals surface area contributed by atoms with Crippen molar-refractivity contribution in [1.29, 1.82) is 0 Å². The molecule has 0 spiro atoms. The van der Waals surface area contributed by atoms with Gasteiger partial charge < -0.3 is 15.1 Å². The summed E-state index contributed by atoms with van der Waals surface area (Å²) < 4.78 is 0. The number of nitrogens with one attached hydrogen (secondary N) is 1. The van der Waals surface area contributed by atoms with Crippen LogP contribution in [-0.2, 0) is 20.9 Å². The maximum Gasteiger partial charge on any atom is 0.224 e. The van der Waals surface area contributed by atoms with Gasteiger partial charge in [0.2, 0.25) is 17.7 Å². The number of aromatic nitrogens is 2. The van der Waals surface area contributed by atoms with Crippen molar-refractivity contribution in [2.45, 2.75) is 51.6 Å². The molecule has 3 amide bonds. The highest BCUT2D eigenvalue weighted by Gasteiger charge is 2.32. The quantitative estimate of drug-likeness (QED) is 0.810. The van der Waals surface area contributed by atoms with Crippen LogP contribution >= 0.6 is 0 Å². The average molecular weight is 359 g/mol. The predicted molar refractivity (Wildman–Crippen MR) is 93.7 cm³/mol. The summed E-state index contributed by atoms with van der Waals surface area (Å²) in [4.78, 5) is 47.9. The Balaban J connectivity index is 1.62. The standard InChI is InChI=1S/C18H25N5O3/c1-13(24)20-12-14-6-8-19-18(21-14)15-4-2-10-23(15)17(26)7-11-22-9-3-5-16(22)25/h6,8,15H,2-5,7,9-12H2,1H3,(H,20,24)/t15-/m1/s1. The van der Waals surface area contributed by atoms with Gasteiger partial charge >= 0.3 is 0 Å². The Morgan fingerprint density at radius 2 is 2.15 bits per heavy atom. The predicted octanol–water partition coefficient (Wildman–Crippen LogP) is 0.789. The molecule has 2 aliphatic rings. The third kappa shape index (κ3) is 4.36. The molecular formula is C18H25N5O3. The summed E-state index contributed by atoms with van der Waals surface area (Å²) in [6.07, 6.45) is 5.23. The summed E-state index contributed by atoms with van der Waals surface area (Å²) >= 11 is 0. The molecule has 140 valence electrons. The van der Waals surface area contributed by atoms with E-state index in [1.165, 1.54) is 6.92 Å². The number of amides is 3. The second-order valence-corrected chi connectivity index (χ2v) is 6.80. The third-order valence-electron chi connectivity index (χ3n) is 4.89. The summed E-state index contributed by atoms with van der Waals surface area (Å²) in [5, 5.41) is 2.72. The van der Waals surface area contributed by atoms with Crippen LogP contribution in [0, 0.1) is 0 Å². The molecule has 8 heteroatoms. The van der Waals surface area contributed by atoms with Crippen molar-refractivity contribution in [1.82, 2.24) is 25.1 Å². The molecule has 1 aromatic rings. The molecule has 0 unspecified atom stereocenters. The smallest absolute Gasteiger partial charge is 0.224 e. The Morgan fingerprint density at radius 3 is 2.88 bits per heavy atom. The average Bonchev–Trinajstić information content (AvgIpc) is 3.27. The van der Waals surface area contributed by atoms with Crippen molar-refractivity contribution in [3.05, 3.63) is 23.8 Å². The number of carbonyl (C=O) groups is 3. The number of carbonyl (C=O) groups excluding carboxylic acids is 3. The van der Waals surface area contributed by atoms with E-state index in [2.05, 4.69) is 15.3 Å². The van der Waals surface area contributed by atoms with Gasteiger partial charge in [-0.2, -0.15) is 0 Å². The molecule has 1 atom stereocenters. The van der Waals surface area contributed by atoms with Crippen LogP contribution in [0.1, 0.15) is 56.6 Å². The van der Waals surface area contributed by atoms with Crippen LogP contribution in [-0.4, -0.2) is 57.1 Å². The SMILES string of the molecule is CC(=O)NCc1ccnc([C@H]2CCCN2C(=O)CCN2CCCC2=O)n1. The molecule has 2 saturated heterocycles. The first-order valence-corrected chi connectivity index (χ1v) is 9.18. The Bertz CT molecular complexity index is 693. The Hall–Kier alpha value is -2.51. The van der Waals surface area contributed by atoms with Gasteiger partial charge in [-0.1, -0.05) is 0 Å². The van der Waals surface area contributed by atoms with E-state index >= 15 is 0 Å². The van der Waals surface area contributed by atoms with Gasteiger partial charge in [-0.3, -0.25) is 14.4 Å². The van der Waals surface area contributed by atoms with Crippen LogP contribution < -0.4 is 5.32 Å². The van der Waals surface area contributed by atoms with Crippen LogP contribution in [0.5, 0.6) is 0 Å². The van der Waals surface area contributed by atoms with Gasteiger partial charge in [0.15, 0.2) is 5.82 Å². The first-order chi connectivity index (χ1) is 12.5. The van der Waals surface area contributed by atoms with E-state index in [0.29, 0.717) is 38.3 Å². The lowest BCUT2D eigenvalue weighted by atomic mass is 10.2. The van der Waals surface area contributed by atoms with E-state index in [9.17, 15) is 14.4 Å². The van der Waals surface area contributed by atoms with Gasteiger partial charge in [0, 0.05) is 45.6 Å². The molecule has 1 aromatic heterocycles. The van der Waals surface area contributed by atoms with Gasteiger partial charge in [-0.15, -0.1) is 0 Å². The van der Waals surface area contributed by atoms with Crippen molar-refractivity contribution in [3.8, 4) is 0 Å². The van der Waals surface area contributed by atoms with Crippen molar-refractivity contribution in [2.24, 2.45) is 0 Å². The number of nitrogens with zero attached hydrogens (tertiary/aromatic N) is 4. The lowest BCUT2D eigenvalue weighted by Crippen LogP contribution is -2.35. The van der Waals surface area contributed by atoms with Crippen molar-refractivity contribution in [3.63, 3.8) is 0 Å². The highest BCUT2D eigenvalue weighted by atomic mass is 16.2. The zero-order chi connectivity index (χ0) is 18.5. The summed E-state index contributed by atoms with van der Waals surface area (Å²) in [6.45, 7) is 3.75. The largest absolute Gasteiger partial charge is 0.351 e. The normalized spacial score (nSPS) is 19.9. The fraction of sp³-hybridized carbons (Fsp3) is 0.611. The maximum atomic E-state index is 12.7. The second-order valence-electron chi connectivity index (χ2n) is 6.80. The molecule has 0 aliphatic carbocycles. The fourth-order valence-electron chi connectivity index (χ4n) is 3.54. The highest BCUT2D eigenvalue weighted by Crippen LogP contribution is 2.30. The molecule has 2 fully saturated rings. The van der Waals surface area contributed by atoms with Crippen molar-refractivity contribution >= 4 is 17.7 Å². The first-order valence-electron chi connectivity index (χ1n) is 9.18. The van der Waals surface area contributed by atoms with E-state index in [4.69, 9.17) is 0 Å². The summed E-state index contributed by atoms with van der Waals surface area (Å²) in [7, 11) is 0. The Labute approximate surface area is 153 Å². The van der Waals surface area contributed by atoms with Crippen molar-refractivity contribution < 1.29 is 14.4 Å². The Morgan fingerprint density at radius 1 is 1.31 bits per heavy atom. The summed E-state index contributed by atoms with van der Waals surface area (Å²) in [6, 6.07) is 1.63. The molecule has 1 N–H and O–H groups in total. The minimum atomic E-state index is -0.131. The fourth-order valence-corrected chi connectivity index (χ4v) is 3.54. The van der Waals surface area contributed by atoms with Crippen LogP contribution in [0.3, 0.4) is 0 Å². The van der Waals surface area contributed by atoms with Crippen LogP contribution in [0.4, 0.5) is 0 Å². The minimum Gasteiger partial charge on any atom is -0.351 e. The maximum absolute atomic E-state index is 12.7. The molecule has 3 rings (SSSR count). The molecule has 0 bridgehead atoms. The minimum absolute atomic E-state index is 0.0445. The number of likely N-dealkylation sites (tertiary alicyclic amines) is 2. The van der Waals surface area contributed by atoms with Gasteiger partial charge in [-0.05, 0) is 25.3 Å². The number of hydrogen-bond acceptors (Lipinski definition) is 5. The van der Waals surface area contributed by atoms with Crippen LogP contribution in [0.2, 0.25) is 0 Å². The zero-order valence-corrected chi connectivity index (χ0v) is 15.1. The molecule has 8 nitrogen and oxygen atoms in total. The monoisotopic (exact) mass is 359 g/mol. The van der Waals surface area contributed by atoms with E-state index < -0.39 is 0 Å². The highest BCUT2D eigenvalue weighted by molar-refractivity contribution is 5.80. The zero-order valence-electron chi connectivity index (χ0n) is 15.1. The molecule has 2 aliphatic heterocycles.